The fraction of sp³-hybridized carbons (Fsp3) is 0.310. The maximum Gasteiger partial charge on any atom is 0.249 e. The predicted octanol–water partition coefficient (Wildman–Crippen LogP) is 4.69. The van der Waals surface area contributed by atoms with Crippen LogP contribution in [0.2, 0.25) is 0 Å². The number of anilines is 1. The van der Waals surface area contributed by atoms with Gasteiger partial charge in [0.25, 0.3) is 0 Å². The summed E-state index contributed by atoms with van der Waals surface area (Å²) < 4.78 is 7.00. The van der Waals surface area contributed by atoms with Crippen molar-refractivity contribution in [3.8, 4) is 5.75 Å². The molecule has 0 unspecified atom stereocenters. The summed E-state index contributed by atoms with van der Waals surface area (Å²) in [5.74, 6) is -0.00767. The summed E-state index contributed by atoms with van der Waals surface area (Å²) in [6.07, 6.45) is 0.872. The van der Waals surface area contributed by atoms with E-state index < -0.39 is 11.6 Å². The van der Waals surface area contributed by atoms with E-state index in [0.29, 0.717) is 22.5 Å². The Morgan fingerprint density at radius 3 is 2.43 bits per heavy atom. The highest BCUT2D eigenvalue weighted by atomic mass is 16.5. The summed E-state index contributed by atoms with van der Waals surface area (Å²) in [6.45, 7) is 7.74. The molecule has 1 atom stereocenters. The van der Waals surface area contributed by atoms with Crippen LogP contribution in [-0.4, -0.2) is 39.5 Å². The van der Waals surface area contributed by atoms with Crippen molar-refractivity contribution in [1.29, 1.82) is 0 Å². The lowest BCUT2D eigenvalue weighted by molar-refractivity contribution is -0.128. The van der Waals surface area contributed by atoms with Crippen molar-refractivity contribution >= 4 is 28.5 Å². The first kappa shape index (κ1) is 25.9. The third-order valence-electron chi connectivity index (χ3n) is 6.01. The topological polar surface area (TPSA) is 89.4 Å². The van der Waals surface area contributed by atoms with Crippen LogP contribution in [0.4, 0.5) is 5.69 Å². The summed E-state index contributed by atoms with van der Waals surface area (Å²) in [5, 5.41) is 11.4. The third-order valence-corrected chi connectivity index (χ3v) is 6.01. The van der Waals surface area contributed by atoms with Crippen molar-refractivity contribution < 1.29 is 14.3 Å². The number of hydrogen-bond acceptors (Lipinski definition) is 5. The van der Waals surface area contributed by atoms with Gasteiger partial charge in [0.2, 0.25) is 11.8 Å². The van der Waals surface area contributed by atoms with Crippen LogP contribution in [0.5, 0.6) is 5.75 Å². The largest absolute Gasteiger partial charge is 0.497 e. The smallest absolute Gasteiger partial charge is 0.249 e. The molecule has 0 spiro atoms. The van der Waals surface area contributed by atoms with Crippen molar-refractivity contribution in [2.45, 2.75) is 52.2 Å². The van der Waals surface area contributed by atoms with E-state index in [1.165, 1.54) is 4.90 Å². The molecule has 1 heterocycles. The zero-order valence-corrected chi connectivity index (χ0v) is 21.9. The number of nitrogens with zero attached hydrogens (tertiary/aromatic N) is 4. The Morgan fingerprint density at radius 1 is 1.03 bits per heavy atom. The molecule has 8 heteroatoms. The molecule has 1 aromatic heterocycles. The number of aryl methyl sites for hydroxylation is 1. The summed E-state index contributed by atoms with van der Waals surface area (Å²) >= 11 is 0. The lowest BCUT2D eigenvalue weighted by Crippen LogP contribution is -2.50. The molecule has 3 aromatic carbocycles. The van der Waals surface area contributed by atoms with Gasteiger partial charge in [-0.2, -0.15) is 0 Å². The van der Waals surface area contributed by atoms with Crippen molar-refractivity contribution in [3.05, 3.63) is 83.9 Å². The van der Waals surface area contributed by atoms with Crippen LogP contribution >= 0.6 is 0 Å². The van der Waals surface area contributed by atoms with Crippen LogP contribution in [-0.2, 0) is 22.6 Å². The molecule has 4 aromatic rings. The number of carbonyl (C=O) groups is 2. The number of nitrogens with one attached hydrogen (secondary N) is 1. The lowest BCUT2D eigenvalue weighted by atomic mass is 9.99. The number of hydrogen-bond donors (Lipinski definition) is 1. The first-order chi connectivity index (χ1) is 17.7. The van der Waals surface area contributed by atoms with E-state index in [-0.39, 0.29) is 18.4 Å². The molecule has 0 aliphatic carbocycles. The molecule has 0 radical (unpaired) electrons. The van der Waals surface area contributed by atoms with Crippen LogP contribution in [0.25, 0.3) is 11.0 Å². The number of para-hydroxylation sites is 1. The normalized spacial score (nSPS) is 12.2. The van der Waals surface area contributed by atoms with Gasteiger partial charge in [-0.25, -0.2) is 4.68 Å². The van der Waals surface area contributed by atoms with Crippen LogP contribution in [0.3, 0.4) is 0 Å². The molecule has 2 amide bonds. The van der Waals surface area contributed by atoms with Gasteiger partial charge in [0.05, 0.1) is 12.6 Å². The van der Waals surface area contributed by atoms with E-state index in [4.69, 9.17) is 4.74 Å². The second-order valence-electron chi connectivity index (χ2n) is 9.94. The van der Waals surface area contributed by atoms with Gasteiger partial charge in [-0.1, -0.05) is 54.6 Å². The minimum Gasteiger partial charge on any atom is -0.497 e. The average Bonchev–Trinajstić information content (AvgIpc) is 3.28. The summed E-state index contributed by atoms with van der Waals surface area (Å²) in [5.41, 5.74) is 3.34. The van der Waals surface area contributed by atoms with Crippen LogP contribution in [0, 0.1) is 0 Å². The Kier molecular flexibility index (Phi) is 7.57. The number of methoxy groups -OCH3 is 1. The Labute approximate surface area is 217 Å². The van der Waals surface area contributed by atoms with Gasteiger partial charge in [-0.3, -0.25) is 14.5 Å². The molecule has 0 saturated heterocycles. The molecular weight excluding hydrogens is 466 g/mol. The highest BCUT2D eigenvalue weighted by Crippen LogP contribution is 2.31. The fourth-order valence-electron chi connectivity index (χ4n) is 4.23. The van der Waals surface area contributed by atoms with Gasteiger partial charge >= 0.3 is 0 Å². The summed E-state index contributed by atoms with van der Waals surface area (Å²) in [4.78, 5) is 29.4. The van der Waals surface area contributed by atoms with E-state index in [1.807, 2.05) is 69.3 Å². The van der Waals surface area contributed by atoms with Gasteiger partial charge in [-0.15, -0.1) is 5.10 Å². The zero-order valence-electron chi connectivity index (χ0n) is 21.9. The van der Waals surface area contributed by atoms with E-state index >= 15 is 0 Å². The maximum absolute atomic E-state index is 14.1. The van der Waals surface area contributed by atoms with Crippen molar-refractivity contribution in [3.63, 3.8) is 0 Å². The molecule has 4 rings (SSSR count). The lowest BCUT2D eigenvalue weighted by Gasteiger charge is -2.34. The molecule has 0 bridgehead atoms. The predicted molar refractivity (Wildman–Crippen MR) is 144 cm³/mol. The molecule has 37 heavy (non-hydrogen) atoms. The minimum absolute atomic E-state index is 0.0932. The molecule has 0 aliphatic heterocycles. The van der Waals surface area contributed by atoms with Crippen LogP contribution in [0.1, 0.15) is 44.9 Å². The molecule has 0 fully saturated rings. The standard InChI is InChI=1S/C29H33N5O3/c1-6-20-14-16-21(17-15-20)27(28(36)30-29(2,3)4)34(22-10-9-11-23(18-22)37-5)26(35)19-33-25-13-8-7-12-24(25)31-32-33/h7-18,27H,6,19H2,1-5H3,(H,30,36)/t27-/m1/s1. The van der Waals surface area contributed by atoms with Crippen molar-refractivity contribution in [2.75, 3.05) is 12.0 Å². The molecule has 1 N–H and O–H groups in total. The van der Waals surface area contributed by atoms with Crippen LogP contribution < -0.4 is 15.0 Å². The van der Waals surface area contributed by atoms with Gasteiger partial charge in [0, 0.05) is 17.3 Å². The number of ether oxygens (including phenoxy) is 1. The Balaban J connectivity index is 1.83. The monoisotopic (exact) mass is 499 g/mol. The molecule has 8 nitrogen and oxygen atoms in total. The van der Waals surface area contributed by atoms with E-state index in [1.54, 1.807) is 36.1 Å². The molecule has 192 valence electrons. The summed E-state index contributed by atoms with van der Waals surface area (Å²) in [7, 11) is 1.57. The second kappa shape index (κ2) is 10.8. The second-order valence-corrected chi connectivity index (χ2v) is 9.94. The van der Waals surface area contributed by atoms with Crippen LogP contribution in [0.15, 0.2) is 72.8 Å². The number of benzene rings is 3. The minimum atomic E-state index is -0.917. The zero-order chi connectivity index (χ0) is 26.6. The van der Waals surface area contributed by atoms with Crippen molar-refractivity contribution in [2.24, 2.45) is 0 Å². The highest BCUT2D eigenvalue weighted by Gasteiger charge is 2.35. The number of carbonyl (C=O) groups excluding carboxylic acids is 2. The number of aromatic nitrogens is 3. The average molecular weight is 500 g/mol. The van der Waals surface area contributed by atoms with E-state index in [9.17, 15) is 9.59 Å². The van der Waals surface area contributed by atoms with Gasteiger partial charge in [-0.05, 0) is 62.6 Å². The first-order valence-electron chi connectivity index (χ1n) is 12.4. The third kappa shape index (κ3) is 5.97. The molecular formula is C29H33N5O3. The van der Waals surface area contributed by atoms with Gasteiger partial charge in [0.15, 0.2) is 0 Å². The molecule has 0 saturated carbocycles. The molecule has 0 aliphatic rings. The Hall–Kier alpha value is -4.20. The van der Waals surface area contributed by atoms with E-state index in [0.717, 1.165) is 17.5 Å². The number of fused-ring (bicyclic) bond motifs is 1. The van der Waals surface area contributed by atoms with Gasteiger partial charge < -0.3 is 10.1 Å². The SMILES string of the molecule is CCc1ccc([C@H](C(=O)NC(C)(C)C)N(C(=O)Cn2nnc3ccccc32)c2cccc(OC)c2)cc1. The quantitative estimate of drug-likeness (QED) is 0.380. The Bertz CT molecular complexity index is 1390. The highest BCUT2D eigenvalue weighted by molar-refractivity contribution is 6.01. The van der Waals surface area contributed by atoms with E-state index in [2.05, 4.69) is 22.6 Å². The maximum atomic E-state index is 14.1. The van der Waals surface area contributed by atoms with Gasteiger partial charge in [0.1, 0.15) is 23.9 Å². The fourth-order valence-corrected chi connectivity index (χ4v) is 4.23. The Morgan fingerprint density at radius 2 is 1.76 bits per heavy atom. The summed E-state index contributed by atoms with van der Waals surface area (Å²) in [6, 6.07) is 21.5. The first-order valence-corrected chi connectivity index (χ1v) is 12.4. The van der Waals surface area contributed by atoms with Crippen molar-refractivity contribution in [1.82, 2.24) is 20.3 Å². The number of amides is 2. The number of rotatable bonds is 8.